The molecular formula is C13H12N5O2+. The molecule has 0 unspecified atom stereocenters. The van der Waals surface area contributed by atoms with Crippen LogP contribution in [0.15, 0.2) is 43.1 Å². The zero-order valence-electron chi connectivity index (χ0n) is 10.5. The number of aryl methyl sites for hydroxylation is 1. The first-order valence-corrected chi connectivity index (χ1v) is 6.10. The lowest BCUT2D eigenvalue weighted by Crippen LogP contribution is -2.33. The normalized spacial score (nSPS) is 10.8. The van der Waals surface area contributed by atoms with Crippen molar-refractivity contribution >= 4 is 11.7 Å². The summed E-state index contributed by atoms with van der Waals surface area (Å²) in [5.41, 5.74) is 1.71. The quantitative estimate of drug-likeness (QED) is 0.700. The largest absolute Gasteiger partial charge is 0.481 e. The van der Waals surface area contributed by atoms with E-state index in [1.165, 1.54) is 0 Å². The molecular weight excluding hydrogens is 258 g/mol. The van der Waals surface area contributed by atoms with Gasteiger partial charge in [-0.1, -0.05) is 0 Å². The highest BCUT2D eigenvalue weighted by Gasteiger charge is 2.09. The van der Waals surface area contributed by atoms with Crippen molar-refractivity contribution in [3.63, 3.8) is 0 Å². The molecule has 3 heterocycles. The predicted octanol–water partition coefficient (Wildman–Crippen LogP) is 0.553. The molecule has 0 atom stereocenters. The smallest absolute Gasteiger partial charge is 0.309 e. The maximum absolute atomic E-state index is 10.5. The lowest BCUT2D eigenvalue weighted by Gasteiger charge is -1.96. The second-order valence-corrected chi connectivity index (χ2v) is 4.28. The first kappa shape index (κ1) is 12.2. The van der Waals surface area contributed by atoms with Crippen molar-refractivity contribution in [2.45, 2.75) is 13.0 Å². The van der Waals surface area contributed by atoms with Crippen molar-refractivity contribution in [3.8, 4) is 11.3 Å². The van der Waals surface area contributed by atoms with Gasteiger partial charge in [-0.15, -0.1) is 0 Å². The number of carboxylic acid groups (broad SMARTS) is 1. The average molecular weight is 270 g/mol. The summed E-state index contributed by atoms with van der Waals surface area (Å²) in [6.45, 7) is 0.448. The van der Waals surface area contributed by atoms with Crippen molar-refractivity contribution in [2.75, 3.05) is 0 Å². The van der Waals surface area contributed by atoms with Crippen LogP contribution < -0.4 is 4.57 Å². The van der Waals surface area contributed by atoms with Crippen molar-refractivity contribution in [1.82, 2.24) is 19.6 Å². The van der Waals surface area contributed by atoms with Crippen LogP contribution >= 0.6 is 0 Å². The topological polar surface area (TPSA) is 84.3 Å². The molecule has 3 rings (SSSR count). The van der Waals surface area contributed by atoms with Gasteiger partial charge in [-0.05, 0) is 0 Å². The number of carbonyl (C=O) groups is 1. The Morgan fingerprint density at radius 1 is 1.30 bits per heavy atom. The van der Waals surface area contributed by atoms with E-state index in [1.807, 2.05) is 29.1 Å². The maximum Gasteiger partial charge on any atom is 0.309 e. The fourth-order valence-electron chi connectivity index (χ4n) is 1.88. The molecule has 0 saturated heterocycles. The number of pyridine rings is 1. The number of nitrogens with zero attached hydrogens (tertiary/aromatic N) is 5. The van der Waals surface area contributed by atoms with Gasteiger partial charge in [-0.3, -0.25) is 4.79 Å². The summed E-state index contributed by atoms with van der Waals surface area (Å²) >= 11 is 0. The Labute approximate surface area is 114 Å². The van der Waals surface area contributed by atoms with Crippen molar-refractivity contribution in [1.29, 1.82) is 0 Å². The summed E-state index contributed by atoms with van der Waals surface area (Å²) in [6, 6.07) is 3.78. The lowest BCUT2D eigenvalue weighted by molar-refractivity contribution is -0.695. The second kappa shape index (κ2) is 5.04. The number of fused-ring (bicyclic) bond motifs is 1. The third-order valence-corrected chi connectivity index (χ3v) is 2.89. The average Bonchev–Trinajstić information content (AvgIpc) is 2.89. The molecule has 7 heteroatoms. The number of hydrogen-bond donors (Lipinski definition) is 1. The fraction of sp³-hybridized carbons (Fsp3) is 0.154. The molecule has 0 aliphatic heterocycles. The minimum atomic E-state index is -0.806. The summed E-state index contributed by atoms with van der Waals surface area (Å²) in [7, 11) is 0. The van der Waals surface area contributed by atoms with Crippen LogP contribution in [0.5, 0.6) is 0 Å². The fourth-order valence-corrected chi connectivity index (χ4v) is 1.88. The molecule has 3 aromatic rings. The second-order valence-electron chi connectivity index (χ2n) is 4.28. The number of hydrogen-bond acceptors (Lipinski definition) is 4. The van der Waals surface area contributed by atoms with Gasteiger partial charge in [0.05, 0.1) is 24.3 Å². The molecule has 0 spiro atoms. The van der Waals surface area contributed by atoms with E-state index in [2.05, 4.69) is 15.1 Å². The Morgan fingerprint density at radius 3 is 2.80 bits per heavy atom. The van der Waals surface area contributed by atoms with Gasteiger partial charge in [0.1, 0.15) is 6.42 Å². The zero-order valence-corrected chi connectivity index (χ0v) is 10.5. The van der Waals surface area contributed by atoms with E-state index in [0.29, 0.717) is 12.3 Å². The Balaban J connectivity index is 1.85. The first-order valence-electron chi connectivity index (χ1n) is 6.10. The molecule has 3 aromatic heterocycles. The van der Waals surface area contributed by atoms with Crippen molar-refractivity contribution < 1.29 is 14.5 Å². The molecule has 0 fully saturated rings. The lowest BCUT2D eigenvalue weighted by atomic mass is 10.2. The van der Waals surface area contributed by atoms with Gasteiger partial charge in [-0.2, -0.15) is 5.10 Å². The Bertz CT molecular complexity index is 718. The van der Waals surface area contributed by atoms with Gasteiger partial charge in [0.2, 0.25) is 0 Å². The Hall–Kier alpha value is -2.83. The number of carboxylic acids is 1. The van der Waals surface area contributed by atoms with Crippen LogP contribution in [-0.2, 0) is 11.3 Å². The molecule has 0 radical (unpaired) electrons. The Kier molecular flexibility index (Phi) is 3.08. The van der Waals surface area contributed by atoms with E-state index in [1.54, 1.807) is 23.1 Å². The first-order chi connectivity index (χ1) is 9.72. The van der Waals surface area contributed by atoms with Gasteiger partial charge in [0, 0.05) is 17.7 Å². The van der Waals surface area contributed by atoms with Crippen LogP contribution in [0.25, 0.3) is 17.0 Å². The van der Waals surface area contributed by atoms with Crippen LogP contribution in [0.2, 0.25) is 0 Å². The van der Waals surface area contributed by atoms with Gasteiger partial charge < -0.3 is 5.11 Å². The molecule has 0 aliphatic rings. The number of rotatable bonds is 4. The molecule has 0 bridgehead atoms. The number of imidazole rings is 1. The molecule has 7 nitrogen and oxygen atoms in total. The molecule has 1 N–H and O–H groups in total. The summed E-state index contributed by atoms with van der Waals surface area (Å²) < 4.78 is 3.44. The van der Waals surface area contributed by atoms with E-state index in [-0.39, 0.29) is 6.42 Å². The maximum atomic E-state index is 10.5. The van der Waals surface area contributed by atoms with Crippen LogP contribution in [0, 0.1) is 0 Å². The van der Waals surface area contributed by atoms with Crippen molar-refractivity contribution in [3.05, 3.63) is 43.1 Å². The summed E-state index contributed by atoms with van der Waals surface area (Å²) in [5.74, 6) is -0.260. The number of aromatic nitrogens is 5. The summed E-state index contributed by atoms with van der Waals surface area (Å²) in [4.78, 5) is 19.0. The van der Waals surface area contributed by atoms with Gasteiger partial charge in [0.15, 0.2) is 18.9 Å². The summed E-state index contributed by atoms with van der Waals surface area (Å²) in [5, 5.41) is 12.8. The zero-order chi connectivity index (χ0) is 13.9. The van der Waals surface area contributed by atoms with E-state index in [4.69, 9.17) is 5.11 Å². The van der Waals surface area contributed by atoms with E-state index in [0.717, 1.165) is 11.3 Å². The molecule has 100 valence electrons. The minimum absolute atomic E-state index is 0.103. The highest BCUT2D eigenvalue weighted by atomic mass is 16.4. The standard InChI is InChI=1S/C13H11N5O2/c19-12(20)3-8-17-6-1-10(2-7-17)11-9-18-13(16-11)14-4-5-15-18/h1-2,4-7,9H,3,8H2/p+1. The molecule has 0 amide bonds. The molecule has 0 saturated carbocycles. The SMILES string of the molecule is O=C(O)CC[n+]1ccc(-c2cn3nccnc3n2)cc1. The molecule has 0 aliphatic carbocycles. The van der Waals surface area contributed by atoms with E-state index < -0.39 is 5.97 Å². The van der Waals surface area contributed by atoms with Crippen LogP contribution in [-0.4, -0.2) is 30.7 Å². The molecule has 0 aromatic carbocycles. The van der Waals surface area contributed by atoms with Crippen molar-refractivity contribution in [2.24, 2.45) is 0 Å². The third-order valence-electron chi connectivity index (χ3n) is 2.89. The summed E-state index contributed by atoms with van der Waals surface area (Å²) in [6.07, 6.45) is 8.78. The van der Waals surface area contributed by atoms with E-state index >= 15 is 0 Å². The minimum Gasteiger partial charge on any atom is -0.481 e. The third kappa shape index (κ3) is 2.46. The van der Waals surface area contributed by atoms with Crippen LogP contribution in [0.1, 0.15) is 6.42 Å². The van der Waals surface area contributed by atoms with Gasteiger partial charge in [0.25, 0.3) is 5.78 Å². The van der Waals surface area contributed by atoms with Gasteiger partial charge >= 0.3 is 5.97 Å². The van der Waals surface area contributed by atoms with Crippen LogP contribution in [0.4, 0.5) is 0 Å². The highest BCUT2D eigenvalue weighted by molar-refractivity contribution is 5.66. The van der Waals surface area contributed by atoms with E-state index in [9.17, 15) is 4.79 Å². The predicted molar refractivity (Wildman–Crippen MR) is 68.7 cm³/mol. The number of aliphatic carboxylic acids is 1. The highest BCUT2D eigenvalue weighted by Crippen LogP contribution is 2.15. The van der Waals surface area contributed by atoms with Gasteiger partial charge in [-0.25, -0.2) is 19.1 Å². The molecule has 20 heavy (non-hydrogen) atoms. The van der Waals surface area contributed by atoms with Crippen LogP contribution in [0.3, 0.4) is 0 Å². The Morgan fingerprint density at radius 2 is 2.10 bits per heavy atom. The monoisotopic (exact) mass is 270 g/mol.